The molecule has 73 heavy (non-hydrogen) atoms. The molecule has 0 bridgehead atoms. The zero-order valence-corrected chi connectivity index (χ0v) is 41.7. The first-order valence-corrected chi connectivity index (χ1v) is 26.0. The Morgan fingerprint density at radius 1 is 0.411 bits per heavy atom. The summed E-state index contributed by atoms with van der Waals surface area (Å²) in [6.07, 6.45) is 22.2. The van der Waals surface area contributed by atoms with E-state index in [1.807, 2.05) is 30.6 Å². The molecule has 0 unspecified atom stereocenters. The van der Waals surface area contributed by atoms with Crippen molar-refractivity contribution in [1.82, 2.24) is 45.5 Å². The Labute approximate surface area is 428 Å². The largest absolute Gasteiger partial charge is 0.381 e. The van der Waals surface area contributed by atoms with E-state index in [9.17, 15) is 0 Å². The van der Waals surface area contributed by atoms with Gasteiger partial charge in [-0.3, -0.25) is 34.9 Å². The molecule has 14 nitrogen and oxygen atoms in total. The number of rotatable bonds is 13. The van der Waals surface area contributed by atoms with Crippen LogP contribution in [0.2, 0.25) is 0 Å². The van der Waals surface area contributed by atoms with E-state index in [0.29, 0.717) is 0 Å². The molecule has 0 radical (unpaired) electrons. The molecular formula is C59H66N14. The second-order valence-corrected chi connectivity index (χ2v) is 18.9. The van der Waals surface area contributed by atoms with E-state index in [4.69, 9.17) is 0 Å². The van der Waals surface area contributed by atoms with E-state index in [1.54, 1.807) is 37.2 Å². The first kappa shape index (κ1) is 48.8. The van der Waals surface area contributed by atoms with E-state index in [0.717, 1.165) is 104 Å². The summed E-state index contributed by atoms with van der Waals surface area (Å²) in [5.74, 6) is 0. The number of nitrogens with zero attached hydrogens (tertiary/aromatic N) is 10. The molecule has 0 atom stereocenters. The highest BCUT2D eigenvalue weighted by Gasteiger charge is 2.16. The summed E-state index contributed by atoms with van der Waals surface area (Å²) in [5, 5.41) is 14.1. The van der Waals surface area contributed by atoms with Crippen LogP contribution >= 0.6 is 0 Å². The third-order valence-electron chi connectivity index (χ3n) is 13.7. The van der Waals surface area contributed by atoms with Crippen LogP contribution in [0.5, 0.6) is 0 Å². The summed E-state index contributed by atoms with van der Waals surface area (Å²) < 4.78 is 0. The molecule has 5 aromatic carbocycles. The highest BCUT2D eigenvalue weighted by atomic mass is 15.2. The van der Waals surface area contributed by atoms with Crippen molar-refractivity contribution >= 4 is 61.5 Å². The number of fused-ring (bicyclic) bond motifs is 3. The number of piperazine rings is 1. The van der Waals surface area contributed by atoms with Crippen LogP contribution in [-0.4, -0.2) is 87.2 Å². The topological polar surface area (TPSA) is 148 Å². The lowest BCUT2D eigenvalue weighted by molar-refractivity contribution is 0.574. The Bertz CT molecular complexity index is 3170. The van der Waals surface area contributed by atoms with Gasteiger partial charge in [-0.25, -0.2) is 0 Å². The van der Waals surface area contributed by atoms with E-state index in [1.165, 1.54) is 96.6 Å². The monoisotopic (exact) mass is 971 g/mol. The minimum atomic E-state index is 0.773. The number of aromatic nitrogens is 7. The predicted octanol–water partition coefficient (Wildman–Crippen LogP) is 10.2. The van der Waals surface area contributed by atoms with Crippen molar-refractivity contribution in [3.8, 4) is 0 Å². The van der Waals surface area contributed by atoms with Gasteiger partial charge in [-0.05, 0) is 128 Å². The fourth-order valence-electron chi connectivity index (χ4n) is 9.87. The maximum absolute atomic E-state index is 4.38. The first-order valence-electron chi connectivity index (χ1n) is 26.0. The molecule has 0 amide bonds. The van der Waals surface area contributed by atoms with E-state index in [2.05, 4.69) is 162 Å². The standard InChI is InChI=1S/C20H23N5.C20H22N4.C19H21N5/c1-2-10-25(11-3-1)20-6-7-21-14-17(20)15-22-13-16-4-5-18-19(12-16)24-9-8-23-18;1-2-11-24(12-3-1)18-6-4-5-17(14-18)23-15-16-7-8-19-20(13-16)22-10-9-21-19;1-2-4-19(24-11-9-20-10-12-24)17(3-1)23-14-15-5-6-16-18(13-15)22-8-7-21-16/h4-9,12,14,22H,1-3,10-11,13,15H2;4-10,13-14,23H,1-3,11-12,15H2;1-8,13,20,23H,9-12,14H2. The molecule has 0 spiro atoms. The molecule has 7 heterocycles. The maximum Gasteiger partial charge on any atom is 0.0890 e. The second kappa shape index (κ2) is 25.0. The Kier molecular flexibility index (Phi) is 16.7. The molecule has 12 rings (SSSR count). The Hall–Kier alpha value is -7.81. The maximum atomic E-state index is 4.38. The molecule has 372 valence electrons. The highest BCUT2D eigenvalue weighted by Crippen LogP contribution is 2.28. The van der Waals surface area contributed by atoms with Crippen molar-refractivity contribution < 1.29 is 0 Å². The second-order valence-electron chi connectivity index (χ2n) is 18.9. The van der Waals surface area contributed by atoms with Gasteiger partial charge < -0.3 is 36.0 Å². The summed E-state index contributed by atoms with van der Waals surface area (Å²) in [6.45, 7) is 12.0. The van der Waals surface area contributed by atoms with Gasteiger partial charge in [-0.1, -0.05) is 36.4 Å². The van der Waals surface area contributed by atoms with E-state index in [-0.39, 0.29) is 0 Å². The van der Waals surface area contributed by atoms with Crippen molar-refractivity contribution in [1.29, 1.82) is 0 Å². The molecule has 9 aromatic rings. The number of nitrogens with one attached hydrogen (secondary N) is 4. The van der Waals surface area contributed by atoms with Gasteiger partial charge in [0.25, 0.3) is 0 Å². The van der Waals surface area contributed by atoms with Crippen molar-refractivity contribution in [3.63, 3.8) is 0 Å². The van der Waals surface area contributed by atoms with E-state index < -0.39 is 0 Å². The van der Waals surface area contributed by atoms with Crippen LogP contribution in [0.3, 0.4) is 0 Å². The van der Waals surface area contributed by atoms with Crippen LogP contribution in [0.4, 0.5) is 28.4 Å². The number of piperidine rings is 2. The van der Waals surface area contributed by atoms with Crippen molar-refractivity contribution in [2.45, 2.75) is 64.7 Å². The number of anilines is 5. The average molecular weight is 971 g/mol. The summed E-state index contributed by atoms with van der Waals surface area (Å²) in [6, 6.07) is 38.1. The molecule has 4 aromatic heterocycles. The lowest BCUT2D eigenvalue weighted by atomic mass is 10.1. The lowest BCUT2D eigenvalue weighted by Gasteiger charge is -2.31. The first-order chi connectivity index (χ1) is 36.2. The van der Waals surface area contributed by atoms with Crippen molar-refractivity contribution in [2.24, 2.45) is 0 Å². The molecule has 0 saturated carbocycles. The fraction of sp³-hybridized carbons (Fsp3) is 0.305. The van der Waals surface area contributed by atoms with Crippen molar-refractivity contribution in [2.75, 3.05) is 77.7 Å². The number of pyridine rings is 1. The number of hydrogen-bond donors (Lipinski definition) is 4. The highest BCUT2D eigenvalue weighted by molar-refractivity contribution is 5.76. The zero-order chi connectivity index (χ0) is 49.3. The Morgan fingerprint density at radius 3 is 1.56 bits per heavy atom. The normalized spacial score (nSPS) is 14.8. The number of para-hydroxylation sites is 2. The summed E-state index contributed by atoms with van der Waals surface area (Å²) in [5.41, 5.74) is 16.8. The minimum absolute atomic E-state index is 0.773. The van der Waals surface area contributed by atoms with Crippen LogP contribution in [-0.2, 0) is 26.2 Å². The lowest BCUT2D eigenvalue weighted by Crippen LogP contribution is -2.43. The molecule has 3 aliphatic heterocycles. The Balaban J connectivity index is 0.000000126. The number of benzene rings is 5. The van der Waals surface area contributed by atoms with Crippen LogP contribution < -0.4 is 36.0 Å². The molecular weight excluding hydrogens is 905 g/mol. The fourth-order valence-corrected chi connectivity index (χ4v) is 9.87. The molecule has 3 saturated heterocycles. The van der Waals surface area contributed by atoms with Gasteiger partial charge in [0.2, 0.25) is 0 Å². The summed E-state index contributed by atoms with van der Waals surface area (Å²) in [7, 11) is 0. The molecule has 3 aliphatic rings. The Morgan fingerprint density at radius 2 is 0.945 bits per heavy atom. The predicted molar refractivity (Wildman–Crippen MR) is 298 cm³/mol. The number of hydrogen-bond acceptors (Lipinski definition) is 14. The third kappa shape index (κ3) is 13.4. The summed E-state index contributed by atoms with van der Waals surface area (Å²) in [4.78, 5) is 37.8. The van der Waals surface area contributed by atoms with Crippen LogP contribution in [0.1, 0.15) is 60.8 Å². The smallest absolute Gasteiger partial charge is 0.0890 e. The molecule has 0 aliphatic carbocycles. The van der Waals surface area contributed by atoms with E-state index >= 15 is 0 Å². The average Bonchev–Trinajstić information content (AvgIpc) is 3.47. The van der Waals surface area contributed by atoms with Crippen LogP contribution in [0.25, 0.3) is 33.1 Å². The van der Waals surface area contributed by atoms with Gasteiger partial charge >= 0.3 is 0 Å². The zero-order valence-electron chi connectivity index (χ0n) is 41.7. The summed E-state index contributed by atoms with van der Waals surface area (Å²) >= 11 is 0. The van der Waals surface area contributed by atoms with Gasteiger partial charge in [0.1, 0.15) is 0 Å². The van der Waals surface area contributed by atoms with Gasteiger partial charge in [0.05, 0.1) is 44.5 Å². The van der Waals surface area contributed by atoms with Gasteiger partial charge in [0, 0.05) is 151 Å². The van der Waals surface area contributed by atoms with Gasteiger partial charge in [-0.15, -0.1) is 0 Å². The quantitative estimate of drug-likeness (QED) is 0.0869. The molecule has 4 N–H and O–H groups in total. The third-order valence-corrected chi connectivity index (χ3v) is 13.7. The van der Waals surface area contributed by atoms with Crippen molar-refractivity contribution in [3.05, 3.63) is 181 Å². The molecule has 14 heteroatoms. The van der Waals surface area contributed by atoms with Crippen LogP contribution in [0.15, 0.2) is 159 Å². The SMILES string of the molecule is c1cc(N2CCCCC2)c(CNCc2ccc3nccnc3c2)cn1.c1cc(NCc2ccc3nccnc3c2)cc(N2CCCCC2)c1.c1ccc(N2CCNCC2)c(NCc2ccc3nccnc3c2)c1. The van der Waals surface area contributed by atoms with Gasteiger partial charge in [0.15, 0.2) is 0 Å². The minimum Gasteiger partial charge on any atom is -0.381 e. The van der Waals surface area contributed by atoms with Gasteiger partial charge in [-0.2, -0.15) is 0 Å². The molecule has 3 fully saturated rings. The van der Waals surface area contributed by atoms with Crippen LogP contribution in [0, 0.1) is 0 Å².